The lowest BCUT2D eigenvalue weighted by atomic mass is 9.77. The second-order valence-corrected chi connectivity index (χ2v) is 5.61. The van der Waals surface area contributed by atoms with Crippen molar-refractivity contribution >= 4 is 22.9 Å². The number of fused-ring (bicyclic) bond motifs is 1. The van der Waals surface area contributed by atoms with Crippen LogP contribution in [0.25, 0.3) is 11.1 Å². The lowest BCUT2D eigenvalue weighted by Gasteiger charge is -2.40. The van der Waals surface area contributed by atoms with Crippen LogP contribution in [0.2, 0.25) is 0 Å². The number of hydrogen-bond acceptors (Lipinski definition) is 6. The smallest absolute Gasteiger partial charge is 0.311 e. The molecular weight excluding hydrogens is 272 g/mol. The molecule has 1 fully saturated rings. The summed E-state index contributed by atoms with van der Waals surface area (Å²) in [4.78, 5) is 22.1. The van der Waals surface area contributed by atoms with E-state index in [2.05, 4.69) is 15.1 Å². The molecule has 2 aromatic rings. The number of aliphatic carboxylic acids is 1. The van der Waals surface area contributed by atoms with Gasteiger partial charge in [0, 0.05) is 13.1 Å². The predicted molar refractivity (Wildman–Crippen MR) is 76.1 cm³/mol. The molecule has 0 spiro atoms. The van der Waals surface area contributed by atoms with Gasteiger partial charge in [-0.3, -0.25) is 4.79 Å². The van der Waals surface area contributed by atoms with Crippen molar-refractivity contribution in [2.75, 3.05) is 18.0 Å². The van der Waals surface area contributed by atoms with Gasteiger partial charge in [-0.05, 0) is 26.2 Å². The Labute approximate surface area is 122 Å². The molecule has 1 unspecified atom stereocenters. The molecule has 7 heteroatoms. The van der Waals surface area contributed by atoms with E-state index in [0.29, 0.717) is 25.1 Å². The van der Waals surface area contributed by atoms with Crippen molar-refractivity contribution in [1.29, 1.82) is 0 Å². The molecular formula is C14H18N4O3. The van der Waals surface area contributed by atoms with Crippen molar-refractivity contribution in [2.24, 2.45) is 5.41 Å². The predicted octanol–water partition coefficient (Wildman–Crippen LogP) is 2.01. The van der Waals surface area contributed by atoms with Crippen molar-refractivity contribution < 1.29 is 14.4 Å². The molecule has 7 nitrogen and oxygen atoms in total. The van der Waals surface area contributed by atoms with Crippen LogP contribution in [-0.2, 0) is 4.79 Å². The van der Waals surface area contributed by atoms with Crippen LogP contribution in [0.4, 0.5) is 5.82 Å². The van der Waals surface area contributed by atoms with E-state index in [-0.39, 0.29) is 0 Å². The minimum Gasteiger partial charge on any atom is -0.481 e. The maximum Gasteiger partial charge on any atom is 0.311 e. The SMILES string of the molecule is CCC1(C(=O)O)CCCN(c2ncnc3onc(C)c23)C1. The van der Waals surface area contributed by atoms with Gasteiger partial charge < -0.3 is 14.5 Å². The summed E-state index contributed by atoms with van der Waals surface area (Å²) in [6.07, 6.45) is 3.57. The summed E-state index contributed by atoms with van der Waals surface area (Å²) >= 11 is 0. The maximum atomic E-state index is 11.7. The van der Waals surface area contributed by atoms with Gasteiger partial charge in [0.25, 0.3) is 5.71 Å². The van der Waals surface area contributed by atoms with Gasteiger partial charge >= 0.3 is 5.97 Å². The van der Waals surface area contributed by atoms with Crippen LogP contribution in [0.3, 0.4) is 0 Å². The molecule has 1 aliphatic rings. The van der Waals surface area contributed by atoms with Crippen LogP contribution in [-0.4, -0.2) is 39.3 Å². The molecule has 1 saturated heterocycles. The highest BCUT2D eigenvalue weighted by Gasteiger charge is 2.41. The first-order chi connectivity index (χ1) is 10.1. The number of piperidine rings is 1. The monoisotopic (exact) mass is 290 g/mol. The highest BCUT2D eigenvalue weighted by molar-refractivity contribution is 5.88. The zero-order valence-corrected chi connectivity index (χ0v) is 12.2. The summed E-state index contributed by atoms with van der Waals surface area (Å²) in [5.41, 5.74) is 0.463. The fourth-order valence-corrected chi connectivity index (χ4v) is 3.07. The third-order valence-corrected chi connectivity index (χ3v) is 4.43. The van der Waals surface area contributed by atoms with Crippen molar-refractivity contribution in [3.63, 3.8) is 0 Å². The van der Waals surface area contributed by atoms with Crippen molar-refractivity contribution in [3.8, 4) is 0 Å². The van der Waals surface area contributed by atoms with Crippen LogP contribution < -0.4 is 4.90 Å². The summed E-state index contributed by atoms with van der Waals surface area (Å²) in [7, 11) is 0. The van der Waals surface area contributed by atoms with E-state index in [0.717, 1.165) is 29.9 Å². The lowest BCUT2D eigenvalue weighted by molar-refractivity contribution is -0.149. The number of carboxylic acid groups (broad SMARTS) is 1. The molecule has 0 aliphatic carbocycles. The molecule has 2 aromatic heterocycles. The van der Waals surface area contributed by atoms with E-state index in [1.54, 1.807) is 0 Å². The lowest BCUT2D eigenvalue weighted by Crippen LogP contribution is -2.48. The quantitative estimate of drug-likeness (QED) is 0.924. The third-order valence-electron chi connectivity index (χ3n) is 4.43. The number of hydrogen-bond donors (Lipinski definition) is 1. The van der Waals surface area contributed by atoms with E-state index < -0.39 is 11.4 Å². The minimum absolute atomic E-state index is 0.445. The molecule has 0 radical (unpaired) electrons. The third kappa shape index (κ3) is 2.12. The number of aromatic nitrogens is 3. The van der Waals surface area contributed by atoms with Crippen LogP contribution in [0.5, 0.6) is 0 Å². The average Bonchev–Trinajstić information content (AvgIpc) is 2.89. The van der Waals surface area contributed by atoms with Crippen LogP contribution in [0.1, 0.15) is 31.9 Å². The normalized spacial score (nSPS) is 22.7. The Morgan fingerprint density at radius 2 is 2.33 bits per heavy atom. The number of carbonyl (C=O) groups is 1. The minimum atomic E-state index is -0.734. The largest absolute Gasteiger partial charge is 0.481 e. The molecule has 112 valence electrons. The van der Waals surface area contributed by atoms with Gasteiger partial charge in [0.05, 0.1) is 11.1 Å². The van der Waals surface area contributed by atoms with E-state index in [9.17, 15) is 9.90 Å². The molecule has 0 saturated carbocycles. The highest BCUT2D eigenvalue weighted by Crippen LogP contribution is 2.37. The van der Waals surface area contributed by atoms with Gasteiger partial charge in [-0.1, -0.05) is 12.1 Å². The van der Waals surface area contributed by atoms with E-state index in [1.165, 1.54) is 6.33 Å². The molecule has 1 N–H and O–H groups in total. The number of rotatable bonds is 3. The molecule has 1 atom stereocenters. The topological polar surface area (TPSA) is 92.3 Å². The average molecular weight is 290 g/mol. The molecule has 0 amide bonds. The summed E-state index contributed by atoms with van der Waals surface area (Å²) < 4.78 is 5.16. The first-order valence-corrected chi connectivity index (χ1v) is 7.13. The second-order valence-electron chi connectivity index (χ2n) is 5.61. The summed E-state index contributed by atoms with van der Waals surface area (Å²) in [6, 6.07) is 0. The molecule has 0 bridgehead atoms. The van der Waals surface area contributed by atoms with Crippen molar-refractivity contribution in [1.82, 2.24) is 15.1 Å². The van der Waals surface area contributed by atoms with Crippen molar-refractivity contribution in [3.05, 3.63) is 12.0 Å². The zero-order valence-electron chi connectivity index (χ0n) is 12.2. The number of nitrogens with zero attached hydrogens (tertiary/aromatic N) is 4. The number of aryl methyl sites for hydroxylation is 1. The Morgan fingerprint density at radius 1 is 1.52 bits per heavy atom. The summed E-state index contributed by atoms with van der Waals surface area (Å²) in [5.74, 6) is -0.0143. The second kappa shape index (κ2) is 4.98. The number of anilines is 1. The van der Waals surface area contributed by atoms with E-state index in [1.807, 2.05) is 18.7 Å². The maximum absolute atomic E-state index is 11.7. The first-order valence-electron chi connectivity index (χ1n) is 7.13. The van der Waals surface area contributed by atoms with Gasteiger partial charge in [-0.25, -0.2) is 4.98 Å². The Hall–Kier alpha value is -2.18. The Bertz CT molecular complexity index is 684. The summed E-state index contributed by atoms with van der Waals surface area (Å²) in [5, 5.41) is 14.3. The van der Waals surface area contributed by atoms with E-state index >= 15 is 0 Å². The first kappa shape index (κ1) is 13.8. The fraction of sp³-hybridized carbons (Fsp3) is 0.571. The summed E-state index contributed by atoms with van der Waals surface area (Å²) in [6.45, 7) is 5.01. The van der Waals surface area contributed by atoms with Gasteiger partial charge in [-0.2, -0.15) is 4.98 Å². The van der Waals surface area contributed by atoms with E-state index in [4.69, 9.17) is 4.52 Å². The highest BCUT2D eigenvalue weighted by atomic mass is 16.5. The molecule has 1 aliphatic heterocycles. The molecule has 0 aromatic carbocycles. The zero-order chi connectivity index (χ0) is 15.0. The number of carboxylic acids is 1. The Kier molecular flexibility index (Phi) is 3.27. The van der Waals surface area contributed by atoms with Gasteiger partial charge in [-0.15, -0.1) is 0 Å². The molecule has 3 rings (SSSR count). The Morgan fingerprint density at radius 3 is 3.05 bits per heavy atom. The van der Waals surface area contributed by atoms with Gasteiger partial charge in [0.1, 0.15) is 17.5 Å². The van der Waals surface area contributed by atoms with Gasteiger partial charge in [0.15, 0.2) is 0 Å². The van der Waals surface area contributed by atoms with Crippen LogP contribution in [0.15, 0.2) is 10.9 Å². The Balaban J connectivity index is 2.03. The standard InChI is InChI=1S/C14H18N4O3/c1-3-14(13(19)20)5-4-6-18(7-14)11-10-9(2)17-21-12(10)16-8-15-11/h8H,3-7H2,1-2H3,(H,19,20). The molecule has 3 heterocycles. The van der Waals surface area contributed by atoms with Crippen molar-refractivity contribution in [2.45, 2.75) is 33.1 Å². The molecule has 21 heavy (non-hydrogen) atoms. The van der Waals surface area contributed by atoms with Crippen LogP contribution in [0, 0.1) is 12.3 Å². The van der Waals surface area contributed by atoms with Crippen LogP contribution >= 0.6 is 0 Å². The van der Waals surface area contributed by atoms with Gasteiger partial charge in [0.2, 0.25) is 0 Å². The fourth-order valence-electron chi connectivity index (χ4n) is 3.07.